The van der Waals surface area contributed by atoms with Gasteiger partial charge in [-0.3, -0.25) is 24.1 Å². The van der Waals surface area contributed by atoms with E-state index < -0.39 is 30.4 Å². The van der Waals surface area contributed by atoms with Gasteiger partial charge >= 0.3 is 0 Å². The number of carbonyl (C=O) groups is 4. The van der Waals surface area contributed by atoms with E-state index in [1.165, 1.54) is 0 Å². The summed E-state index contributed by atoms with van der Waals surface area (Å²) in [5.41, 5.74) is 1.65. The molecule has 2 heterocycles. The van der Waals surface area contributed by atoms with Crippen molar-refractivity contribution in [2.75, 3.05) is 23.3 Å². The van der Waals surface area contributed by atoms with Crippen LogP contribution in [-0.4, -0.2) is 47.7 Å². The minimum absolute atomic E-state index is 0.122. The molecular weight excluding hydrogens is 410 g/mol. The monoisotopic (exact) mass is 435 g/mol. The Labute approximate surface area is 186 Å². The fraction of sp³-hybridized carbons (Fsp3) is 0.333. The maximum atomic E-state index is 12.7. The van der Waals surface area contributed by atoms with Crippen molar-refractivity contribution < 1.29 is 23.9 Å². The molecule has 2 aliphatic heterocycles. The van der Waals surface area contributed by atoms with E-state index in [2.05, 4.69) is 12.2 Å². The van der Waals surface area contributed by atoms with Crippen molar-refractivity contribution in [1.82, 2.24) is 4.90 Å². The van der Waals surface area contributed by atoms with Crippen LogP contribution in [0, 0.1) is 0 Å². The Morgan fingerprint density at radius 3 is 2.34 bits per heavy atom. The average Bonchev–Trinajstić information content (AvgIpc) is 3.02. The summed E-state index contributed by atoms with van der Waals surface area (Å²) in [7, 11) is 0. The lowest BCUT2D eigenvalue weighted by Crippen LogP contribution is -2.45. The number of nitrogens with zero attached hydrogens (tertiary/aromatic N) is 2. The standard InChI is InChI=1S/C24H25N3O5/c1-3-4-7-12-26-19-13-16(10-11-20(19)32-15(2)22(26)29)25-21(28)14-27-23(30)17-8-5-6-9-18(17)24(27)31/h5-6,8-11,13,15H,3-4,7,12,14H2,1-2H3,(H,25,28). The molecule has 1 unspecified atom stereocenters. The quantitative estimate of drug-likeness (QED) is 0.532. The van der Waals surface area contributed by atoms with Crippen LogP contribution < -0.4 is 15.0 Å². The highest BCUT2D eigenvalue weighted by Crippen LogP contribution is 2.36. The number of nitrogens with one attached hydrogen (secondary N) is 1. The van der Waals surface area contributed by atoms with Crippen LogP contribution in [0.5, 0.6) is 5.75 Å². The summed E-state index contributed by atoms with van der Waals surface area (Å²) >= 11 is 0. The second-order valence-corrected chi connectivity index (χ2v) is 7.93. The molecule has 2 aliphatic rings. The van der Waals surface area contributed by atoms with Gasteiger partial charge in [0.15, 0.2) is 6.10 Å². The van der Waals surface area contributed by atoms with E-state index in [0.29, 0.717) is 34.8 Å². The summed E-state index contributed by atoms with van der Waals surface area (Å²) in [5, 5.41) is 2.72. The zero-order chi connectivity index (χ0) is 22.8. The molecule has 0 bridgehead atoms. The second kappa shape index (κ2) is 8.82. The Balaban J connectivity index is 1.48. The Bertz CT molecular complexity index is 1060. The summed E-state index contributed by atoms with van der Waals surface area (Å²) in [6, 6.07) is 11.6. The minimum Gasteiger partial charge on any atom is -0.479 e. The molecule has 1 N–H and O–H groups in total. The van der Waals surface area contributed by atoms with Crippen molar-refractivity contribution in [3.63, 3.8) is 0 Å². The van der Waals surface area contributed by atoms with Gasteiger partial charge in [0.1, 0.15) is 12.3 Å². The van der Waals surface area contributed by atoms with Crippen LogP contribution in [0.3, 0.4) is 0 Å². The zero-order valence-electron chi connectivity index (χ0n) is 18.1. The molecule has 32 heavy (non-hydrogen) atoms. The highest BCUT2D eigenvalue weighted by atomic mass is 16.5. The first-order chi connectivity index (χ1) is 15.4. The van der Waals surface area contributed by atoms with Crippen LogP contribution in [0.25, 0.3) is 0 Å². The first-order valence-corrected chi connectivity index (χ1v) is 10.8. The van der Waals surface area contributed by atoms with E-state index in [1.54, 1.807) is 54.3 Å². The lowest BCUT2D eigenvalue weighted by molar-refractivity contribution is -0.125. The summed E-state index contributed by atoms with van der Waals surface area (Å²) in [6.45, 7) is 3.99. The molecule has 8 nitrogen and oxygen atoms in total. The maximum absolute atomic E-state index is 12.7. The summed E-state index contributed by atoms with van der Waals surface area (Å²) in [4.78, 5) is 52.9. The van der Waals surface area contributed by atoms with E-state index in [-0.39, 0.29) is 5.91 Å². The number of hydrogen-bond donors (Lipinski definition) is 1. The van der Waals surface area contributed by atoms with Crippen molar-refractivity contribution in [3.05, 3.63) is 53.6 Å². The summed E-state index contributed by atoms with van der Waals surface area (Å²) < 4.78 is 5.71. The van der Waals surface area contributed by atoms with Crippen LogP contribution >= 0.6 is 0 Å². The lowest BCUT2D eigenvalue weighted by atomic mass is 10.1. The molecular formula is C24H25N3O5. The Hall–Kier alpha value is -3.68. The fourth-order valence-corrected chi connectivity index (χ4v) is 3.96. The molecule has 0 saturated heterocycles. The van der Waals surface area contributed by atoms with Gasteiger partial charge in [0.2, 0.25) is 5.91 Å². The molecule has 8 heteroatoms. The number of amides is 4. The Morgan fingerprint density at radius 1 is 1.00 bits per heavy atom. The number of hydrogen-bond acceptors (Lipinski definition) is 5. The molecule has 0 saturated carbocycles. The molecule has 4 amide bonds. The van der Waals surface area contributed by atoms with E-state index in [9.17, 15) is 19.2 Å². The molecule has 0 fully saturated rings. The molecule has 0 aromatic heterocycles. The highest BCUT2D eigenvalue weighted by molar-refractivity contribution is 6.22. The zero-order valence-corrected chi connectivity index (χ0v) is 18.1. The number of unbranched alkanes of at least 4 members (excludes halogenated alkanes) is 2. The van der Waals surface area contributed by atoms with Gasteiger partial charge in [-0.25, -0.2) is 0 Å². The first-order valence-electron chi connectivity index (χ1n) is 10.8. The lowest BCUT2D eigenvalue weighted by Gasteiger charge is -2.33. The van der Waals surface area contributed by atoms with E-state index in [1.807, 2.05) is 0 Å². The number of fused-ring (bicyclic) bond motifs is 2. The van der Waals surface area contributed by atoms with Gasteiger partial charge in [-0.15, -0.1) is 0 Å². The first kappa shape index (κ1) is 21.5. The van der Waals surface area contributed by atoms with Crippen LogP contribution in [-0.2, 0) is 9.59 Å². The number of carbonyl (C=O) groups excluding carboxylic acids is 4. The van der Waals surface area contributed by atoms with Gasteiger partial charge in [0.05, 0.1) is 16.8 Å². The smallest absolute Gasteiger partial charge is 0.267 e. The van der Waals surface area contributed by atoms with Crippen molar-refractivity contribution in [3.8, 4) is 5.75 Å². The van der Waals surface area contributed by atoms with E-state index in [0.717, 1.165) is 24.2 Å². The van der Waals surface area contributed by atoms with Crippen molar-refractivity contribution in [2.45, 2.75) is 39.2 Å². The average molecular weight is 435 g/mol. The normalized spacial score (nSPS) is 17.2. The number of anilines is 2. The Morgan fingerprint density at radius 2 is 1.69 bits per heavy atom. The molecule has 0 radical (unpaired) electrons. The van der Waals surface area contributed by atoms with Gasteiger partial charge in [0, 0.05) is 12.2 Å². The third-order valence-corrected chi connectivity index (χ3v) is 5.62. The van der Waals surface area contributed by atoms with Crippen LogP contribution in [0.1, 0.15) is 53.8 Å². The molecule has 1 atom stereocenters. The van der Waals surface area contributed by atoms with E-state index >= 15 is 0 Å². The van der Waals surface area contributed by atoms with Crippen molar-refractivity contribution in [1.29, 1.82) is 0 Å². The van der Waals surface area contributed by atoms with Gasteiger partial charge in [-0.2, -0.15) is 0 Å². The van der Waals surface area contributed by atoms with Gasteiger partial charge in [-0.05, 0) is 43.7 Å². The minimum atomic E-state index is -0.571. The molecule has 2 aromatic carbocycles. The second-order valence-electron chi connectivity index (χ2n) is 7.93. The third-order valence-electron chi connectivity index (χ3n) is 5.62. The predicted molar refractivity (Wildman–Crippen MR) is 119 cm³/mol. The number of imide groups is 1. The summed E-state index contributed by atoms with van der Waals surface area (Å²) in [5.74, 6) is -1.02. The molecule has 4 rings (SSSR count). The SMILES string of the molecule is CCCCCN1C(=O)C(C)Oc2ccc(NC(=O)CN3C(=O)c4ccccc4C3=O)cc21. The largest absolute Gasteiger partial charge is 0.479 e. The van der Waals surface area contributed by atoms with Gasteiger partial charge in [-0.1, -0.05) is 31.9 Å². The summed E-state index contributed by atoms with van der Waals surface area (Å²) in [6.07, 6.45) is 2.34. The fourth-order valence-electron chi connectivity index (χ4n) is 3.96. The number of ether oxygens (including phenoxy) is 1. The molecule has 0 aliphatic carbocycles. The third kappa shape index (κ3) is 3.95. The molecule has 2 aromatic rings. The van der Waals surface area contributed by atoms with Crippen LogP contribution in [0.15, 0.2) is 42.5 Å². The van der Waals surface area contributed by atoms with E-state index in [4.69, 9.17) is 4.74 Å². The predicted octanol–water partition coefficient (Wildman–Crippen LogP) is 3.23. The maximum Gasteiger partial charge on any atom is 0.267 e. The van der Waals surface area contributed by atoms with Gasteiger partial charge < -0.3 is 15.0 Å². The number of benzene rings is 2. The van der Waals surface area contributed by atoms with Gasteiger partial charge in [0.25, 0.3) is 17.7 Å². The topological polar surface area (TPSA) is 96.0 Å². The van der Waals surface area contributed by atoms with Crippen LogP contribution in [0.2, 0.25) is 0 Å². The van der Waals surface area contributed by atoms with Crippen molar-refractivity contribution >= 4 is 35.0 Å². The molecule has 0 spiro atoms. The molecule has 166 valence electrons. The van der Waals surface area contributed by atoms with Crippen molar-refractivity contribution in [2.24, 2.45) is 0 Å². The highest BCUT2D eigenvalue weighted by Gasteiger charge is 2.36. The van der Waals surface area contributed by atoms with Crippen LogP contribution in [0.4, 0.5) is 11.4 Å². The Kier molecular flexibility index (Phi) is 5.94. The number of rotatable bonds is 7.